The lowest BCUT2D eigenvalue weighted by molar-refractivity contribution is 0.414. The van der Waals surface area contributed by atoms with Crippen LogP contribution in [-0.4, -0.2) is 19.2 Å². The van der Waals surface area contributed by atoms with Crippen molar-refractivity contribution in [1.29, 1.82) is 0 Å². The van der Waals surface area contributed by atoms with Crippen LogP contribution in [0.4, 0.5) is 0 Å². The minimum absolute atomic E-state index is 0.769. The molecule has 0 amide bonds. The third kappa shape index (κ3) is 4.21. The zero-order valence-corrected chi connectivity index (χ0v) is 16.9. The van der Waals surface area contributed by atoms with Gasteiger partial charge in [-0.25, -0.2) is 0 Å². The van der Waals surface area contributed by atoms with E-state index >= 15 is 0 Å². The summed E-state index contributed by atoms with van der Waals surface area (Å²) in [6, 6.07) is 16.4. The lowest BCUT2D eigenvalue weighted by Gasteiger charge is -2.13. The fraction of sp³-hybridized carbons (Fsp3) is 0.200. The second kappa shape index (κ2) is 8.74. The highest BCUT2D eigenvalue weighted by molar-refractivity contribution is 5.69. The summed E-state index contributed by atoms with van der Waals surface area (Å²) in [5.74, 6) is 1.74. The minimum atomic E-state index is 0.769. The van der Waals surface area contributed by atoms with Gasteiger partial charge in [-0.1, -0.05) is 36.4 Å². The maximum absolute atomic E-state index is 5.43. The molecule has 0 atom stereocenters. The highest BCUT2D eigenvalue weighted by Crippen LogP contribution is 2.21. The molecule has 0 fully saturated rings. The molecule has 4 heteroatoms. The molecular formula is C25H26N2O2. The van der Waals surface area contributed by atoms with Gasteiger partial charge in [0.25, 0.3) is 0 Å². The van der Waals surface area contributed by atoms with E-state index in [2.05, 4.69) is 59.0 Å². The van der Waals surface area contributed by atoms with E-state index in [0.29, 0.717) is 0 Å². The Labute approximate surface area is 171 Å². The van der Waals surface area contributed by atoms with Crippen molar-refractivity contribution in [3.63, 3.8) is 0 Å². The van der Waals surface area contributed by atoms with Crippen LogP contribution < -0.4 is 25.4 Å². The molecule has 0 saturated carbocycles. The quantitative estimate of drug-likeness (QED) is 0.679. The van der Waals surface area contributed by atoms with Crippen LogP contribution in [0.5, 0.6) is 11.5 Å². The van der Waals surface area contributed by atoms with E-state index in [-0.39, 0.29) is 0 Å². The van der Waals surface area contributed by atoms with Gasteiger partial charge in [0.05, 0.1) is 14.2 Å². The van der Waals surface area contributed by atoms with Gasteiger partial charge in [0.15, 0.2) is 0 Å². The fourth-order valence-corrected chi connectivity index (χ4v) is 3.66. The predicted molar refractivity (Wildman–Crippen MR) is 118 cm³/mol. The number of aromatic nitrogens is 1. The van der Waals surface area contributed by atoms with E-state index in [1.165, 1.54) is 22.0 Å². The Morgan fingerprint density at radius 3 is 2.62 bits per heavy atom. The molecule has 2 aromatic carbocycles. The number of fused-ring (bicyclic) bond motifs is 1. The van der Waals surface area contributed by atoms with E-state index in [1.807, 2.05) is 24.3 Å². The molecule has 1 aliphatic carbocycles. The molecule has 0 spiro atoms. The lowest BCUT2D eigenvalue weighted by Crippen LogP contribution is -2.32. The first-order chi connectivity index (χ1) is 14.3. The van der Waals surface area contributed by atoms with E-state index in [1.54, 1.807) is 14.2 Å². The van der Waals surface area contributed by atoms with Crippen LogP contribution in [0.15, 0.2) is 66.9 Å². The second-order valence-electron chi connectivity index (χ2n) is 7.04. The Kier molecular flexibility index (Phi) is 5.71. The summed E-state index contributed by atoms with van der Waals surface area (Å²) in [5.41, 5.74) is 4.79. The summed E-state index contributed by atoms with van der Waals surface area (Å²) in [4.78, 5) is 3.45. The van der Waals surface area contributed by atoms with E-state index in [4.69, 9.17) is 9.47 Å². The van der Waals surface area contributed by atoms with Gasteiger partial charge in [-0.2, -0.15) is 0 Å². The minimum Gasteiger partial charge on any atom is -0.497 e. The highest BCUT2D eigenvalue weighted by Gasteiger charge is 2.10. The predicted octanol–water partition coefficient (Wildman–Crippen LogP) is 3.73. The molecule has 0 bridgehead atoms. The molecule has 0 saturated heterocycles. The Bertz CT molecular complexity index is 1120. The molecule has 1 heterocycles. The molecule has 0 unspecified atom stereocenters. The molecule has 29 heavy (non-hydrogen) atoms. The number of ether oxygens (including phenoxy) is 2. The van der Waals surface area contributed by atoms with E-state index in [9.17, 15) is 0 Å². The molecule has 4 nitrogen and oxygen atoms in total. The molecule has 2 N–H and O–H groups in total. The van der Waals surface area contributed by atoms with Crippen molar-refractivity contribution in [2.75, 3.05) is 14.2 Å². The van der Waals surface area contributed by atoms with Gasteiger partial charge in [0.1, 0.15) is 11.5 Å². The van der Waals surface area contributed by atoms with Crippen molar-refractivity contribution < 1.29 is 9.47 Å². The summed E-state index contributed by atoms with van der Waals surface area (Å²) in [5, 5.41) is 6.05. The van der Waals surface area contributed by atoms with E-state index < -0.39 is 0 Å². The van der Waals surface area contributed by atoms with Crippen LogP contribution >= 0.6 is 0 Å². The number of rotatable bonds is 6. The molecule has 1 aliphatic rings. The number of benzene rings is 2. The molecule has 0 aliphatic heterocycles. The maximum Gasteiger partial charge on any atom is 0.119 e. The summed E-state index contributed by atoms with van der Waals surface area (Å²) in [6.45, 7) is 0.769. The monoisotopic (exact) mass is 386 g/mol. The Morgan fingerprint density at radius 2 is 1.83 bits per heavy atom. The Morgan fingerprint density at radius 1 is 1.00 bits per heavy atom. The summed E-state index contributed by atoms with van der Waals surface area (Å²) in [7, 11) is 3.39. The zero-order valence-electron chi connectivity index (χ0n) is 16.9. The zero-order chi connectivity index (χ0) is 20.1. The number of aromatic amines is 1. The van der Waals surface area contributed by atoms with E-state index in [0.717, 1.165) is 41.8 Å². The number of H-pyrrole nitrogens is 1. The van der Waals surface area contributed by atoms with Gasteiger partial charge in [-0.3, -0.25) is 0 Å². The molecule has 4 rings (SSSR count). The standard InChI is InChI=1S/C25H26N2O2/c1-28-20-13-11-18(12-14-20)16-26-23-9-4-3-5-10-24-25(23)22(17-27-24)19-7-6-8-21(15-19)29-2/h3,5-8,10-15,17,26-27H,4,9,16H2,1-2H3. The average molecular weight is 386 g/mol. The number of hydrogen-bond donors (Lipinski definition) is 2. The summed E-state index contributed by atoms with van der Waals surface area (Å²) < 4.78 is 10.7. The van der Waals surface area contributed by atoms with Crippen LogP contribution in [-0.2, 0) is 6.54 Å². The van der Waals surface area contributed by atoms with Crippen LogP contribution in [0, 0.1) is 0 Å². The SMILES string of the molecule is COc1ccc(CNC2=c3c(-c4cccc(OC)c4)c[nH]c3=CC=CCC2)cc1. The van der Waals surface area contributed by atoms with Crippen molar-refractivity contribution in [2.45, 2.75) is 19.4 Å². The van der Waals surface area contributed by atoms with Gasteiger partial charge in [-0.15, -0.1) is 0 Å². The molecule has 3 aromatic rings. The van der Waals surface area contributed by atoms with Crippen molar-refractivity contribution in [1.82, 2.24) is 10.3 Å². The van der Waals surface area contributed by atoms with Crippen LogP contribution in [0.1, 0.15) is 18.4 Å². The molecular weight excluding hydrogens is 360 g/mol. The normalized spacial score (nSPS) is 13.1. The third-order valence-corrected chi connectivity index (χ3v) is 5.22. The van der Waals surface area contributed by atoms with Crippen molar-refractivity contribution in [3.05, 3.63) is 83.0 Å². The lowest BCUT2D eigenvalue weighted by atomic mass is 10.0. The maximum atomic E-state index is 5.43. The van der Waals surface area contributed by atoms with Crippen molar-refractivity contribution >= 4 is 11.8 Å². The largest absolute Gasteiger partial charge is 0.497 e. The Balaban J connectivity index is 1.75. The third-order valence-electron chi connectivity index (χ3n) is 5.22. The first-order valence-corrected chi connectivity index (χ1v) is 9.87. The van der Waals surface area contributed by atoms with Crippen LogP contribution in [0.2, 0.25) is 0 Å². The average Bonchev–Trinajstić information content (AvgIpc) is 3.17. The van der Waals surface area contributed by atoms with Gasteiger partial charge >= 0.3 is 0 Å². The Hall–Kier alpha value is -3.40. The second-order valence-corrected chi connectivity index (χ2v) is 7.04. The van der Waals surface area contributed by atoms with Gasteiger partial charge in [0, 0.05) is 34.6 Å². The van der Waals surface area contributed by atoms with Crippen molar-refractivity contribution in [3.8, 4) is 22.6 Å². The van der Waals surface area contributed by atoms with Crippen LogP contribution in [0.3, 0.4) is 0 Å². The molecule has 1 aromatic heterocycles. The van der Waals surface area contributed by atoms with Gasteiger partial charge < -0.3 is 19.8 Å². The topological polar surface area (TPSA) is 46.3 Å². The first kappa shape index (κ1) is 18.9. The number of allylic oxidation sites excluding steroid dienone is 2. The smallest absolute Gasteiger partial charge is 0.119 e. The highest BCUT2D eigenvalue weighted by atomic mass is 16.5. The molecule has 0 radical (unpaired) electrons. The first-order valence-electron chi connectivity index (χ1n) is 9.87. The number of hydrogen-bond acceptors (Lipinski definition) is 3. The van der Waals surface area contributed by atoms with Gasteiger partial charge in [-0.05, 0) is 54.3 Å². The number of nitrogens with one attached hydrogen (secondary N) is 2. The summed E-state index contributed by atoms with van der Waals surface area (Å²) >= 11 is 0. The van der Waals surface area contributed by atoms with Crippen LogP contribution in [0.25, 0.3) is 22.9 Å². The fourth-order valence-electron chi connectivity index (χ4n) is 3.66. The van der Waals surface area contributed by atoms with Gasteiger partial charge in [0.2, 0.25) is 0 Å². The number of methoxy groups -OCH3 is 2. The molecule has 148 valence electrons. The van der Waals surface area contributed by atoms with Crippen molar-refractivity contribution in [2.24, 2.45) is 0 Å². The summed E-state index contributed by atoms with van der Waals surface area (Å²) in [6.07, 6.45) is 10.5.